The first-order valence-corrected chi connectivity index (χ1v) is 8.87. The molecule has 3 amide bonds. The van der Waals surface area contributed by atoms with Crippen LogP contribution < -0.4 is 16.0 Å². The fourth-order valence-corrected chi connectivity index (χ4v) is 3.40. The summed E-state index contributed by atoms with van der Waals surface area (Å²) in [5.74, 6) is 0.224. The largest absolute Gasteiger partial charge is 0.341 e. The molecule has 1 aromatic rings. The van der Waals surface area contributed by atoms with Crippen molar-refractivity contribution in [3.63, 3.8) is 0 Å². The van der Waals surface area contributed by atoms with Crippen molar-refractivity contribution in [1.82, 2.24) is 15.5 Å². The smallest absolute Gasteiger partial charge is 0.319 e. The summed E-state index contributed by atoms with van der Waals surface area (Å²) in [6, 6.07) is 9.34. The Morgan fingerprint density at radius 2 is 1.79 bits per heavy atom. The minimum absolute atomic E-state index is 0.00959. The number of carbonyl (C=O) groups is 2. The monoisotopic (exact) mass is 330 g/mol. The number of piperidine rings is 2. The van der Waals surface area contributed by atoms with E-state index in [0.717, 1.165) is 44.3 Å². The molecule has 24 heavy (non-hydrogen) atoms. The predicted octanol–water partition coefficient (Wildman–Crippen LogP) is 1.94. The first-order chi connectivity index (χ1) is 11.7. The SMILES string of the molecule is O=C(Nc1ccccc1)NC1CCN(C(=O)C2CCCCN2)CC1. The van der Waals surface area contributed by atoms with Crippen molar-refractivity contribution in [2.24, 2.45) is 0 Å². The van der Waals surface area contributed by atoms with E-state index < -0.39 is 0 Å². The molecule has 0 aliphatic carbocycles. The highest BCUT2D eigenvalue weighted by Gasteiger charge is 2.29. The van der Waals surface area contributed by atoms with Gasteiger partial charge in [-0.1, -0.05) is 24.6 Å². The van der Waals surface area contributed by atoms with Crippen molar-refractivity contribution in [3.8, 4) is 0 Å². The van der Waals surface area contributed by atoms with E-state index in [2.05, 4.69) is 16.0 Å². The summed E-state index contributed by atoms with van der Waals surface area (Å²) < 4.78 is 0. The summed E-state index contributed by atoms with van der Waals surface area (Å²) in [6.07, 6.45) is 4.84. The van der Waals surface area contributed by atoms with Gasteiger partial charge in [0, 0.05) is 24.8 Å². The van der Waals surface area contributed by atoms with Crippen LogP contribution in [0.5, 0.6) is 0 Å². The van der Waals surface area contributed by atoms with E-state index in [1.165, 1.54) is 0 Å². The molecule has 0 aromatic heterocycles. The van der Waals surface area contributed by atoms with Gasteiger partial charge in [-0.2, -0.15) is 0 Å². The number of hydrogen-bond donors (Lipinski definition) is 3. The number of hydrogen-bond acceptors (Lipinski definition) is 3. The van der Waals surface area contributed by atoms with E-state index in [0.29, 0.717) is 13.1 Å². The van der Waals surface area contributed by atoms with Crippen molar-refractivity contribution in [1.29, 1.82) is 0 Å². The van der Waals surface area contributed by atoms with Crippen LogP contribution in [0, 0.1) is 0 Å². The highest BCUT2D eigenvalue weighted by atomic mass is 16.2. The fourth-order valence-electron chi connectivity index (χ4n) is 3.40. The summed E-state index contributed by atoms with van der Waals surface area (Å²) in [5, 5.41) is 9.15. The summed E-state index contributed by atoms with van der Waals surface area (Å²) in [4.78, 5) is 26.5. The lowest BCUT2D eigenvalue weighted by Crippen LogP contribution is -2.53. The zero-order valence-electron chi connectivity index (χ0n) is 14.0. The topological polar surface area (TPSA) is 73.5 Å². The number of rotatable bonds is 3. The van der Waals surface area contributed by atoms with E-state index in [-0.39, 0.29) is 24.0 Å². The second kappa shape index (κ2) is 8.15. The molecule has 1 atom stereocenters. The normalized spacial score (nSPS) is 22.0. The number of nitrogens with one attached hydrogen (secondary N) is 3. The second-order valence-corrected chi connectivity index (χ2v) is 6.57. The number of carbonyl (C=O) groups excluding carboxylic acids is 2. The Bertz CT molecular complexity index is 549. The Balaban J connectivity index is 1.41. The number of amides is 3. The molecule has 2 aliphatic rings. The molecule has 6 heteroatoms. The third-order valence-corrected chi connectivity index (χ3v) is 4.78. The molecule has 1 aromatic carbocycles. The van der Waals surface area contributed by atoms with Gasteiger partial charge in [0.05, 0.1) is 6.04 Å². The molecule has 0 saturated carbocycles. The van der Waals surface area contributed by atoms with Gasteiger partial charge < -0.3 is 20.9 Å². The third kappa shape index (κ3) is 4.47. The predicted molar refractivity (Wildman–Crippen MR) is 93.8 cm³/mol. The maximum atomic E-state index is 12.5. The van der Waals surface area contributed by atoms with E-state index in [9.17, 15) is 9.59 Å². The Morgan fingerprint density at radius 1 is 1.04 bits per heavy atom. The van der Waals surface area contributed by atoms with Gasteiger partial charge in [0.1, 0.15) is 0 Å². The number of benzene rings is 1. The standard InChI is InChI=1S/C18H26N4O2/c23-17(16-8-4-5-11-19-16)22-12-9-15(10-13-22)21-18(24)20-14-6-2-1-3-7-14/h1-3,6-7,15-16,19H,4-5,8-13H2,(H2,20,21,24). The summed E-state index contributed by atoms with van der Waals surface area (Å²) in [7, 11) is 0. The number of likely N-dealkylation sites (tertiary alicyclic amines) is 1. The average Bonchev–Trinajstić information content (AvgIpc) is 2.63. The zero-order valence-corrected chi connectivity index (χ0v) is 14.0. The van der Waals surface area contributed by atoms with Crippen molar-refractivity contribution in [2.75, 3.05) is 25.0 Å². The lowest BCUT2D eigenvalue weighted by molar-refractivity contribution is -0.135. The van der Waals surface area contributed by atoms with Crippen LogP contribution in [0.2, 0.25) is 0 Å². The third-order valence-electron chi connectivity index (χ3n) is 4.78. The van der Waals surface area contributed by atoms with Gasteiger partial charge in [-0.05, 0) is 44.4 Å². The molecule has 130 valence electrons. The Kier molecular flexibility index (Phi) is 5.69. The summed E-state index contributed by atoms with van der Waals surface area (Å²) in [6.45, 7) is 2.37. The quantitative estimate of drug-likeness (QED) is 0.793. The van der Waals surface area contributed by atoms with Gasteiger partial charge in [0.25, 0.3) is 0 Å². The average molecular weight is 330 g/mol. The van der Waals surface area contributed by atoms with Gasteiger partial charge in [-0.15, -0.1) is 0 Å². The molecule has 2 fully saturated rings. The highest BCUT2D eigenvalue weighted by Crippen LogP contribution is 2.15. The lowest BCUT2D eigenvalue weighted by atomic mass is 10.0. The first-order valence-electron chi connectivity index (χ1n) is 8.87. The van der Waals surface area contributed by atoms with Crippen LogP contribution in [0.15, 0.2) is 30.3 Å². The van der Waals surface area contributed by atoms with E-state index in [1.807, 2.05) is 35.2 Å². The van der Waals surface area contributed by atoms with Crippen LogP contribution >= 0.6 is 0 Å². The Morgan fingerprint density at radius 3 is 2.46 bits per heavy atom. The molecular formula is C18H26N4O2. The molecule has 2 saturated heterocycles. The van der Waals surface area contributed by atoms with Crippen molar-refractivity contribution < 1.29 is 9.59 Å². The number of urea groups is 1. The molecule has 0 bridgehead atoms. The number of nitrogens with zero attached hydrogens (tertiary/aromatic N) is 1. The lowest BCUT2D eigenvalue weighted by Gasteiger charge is -2.35. The first kappa shape index (κ1) is 16.8. The van der Waals surface area contributed by atoms with Crippen molar-refractivity contribution in [2.45, 2.75) is 44.2 Å². The molecule has 2 heterocycles. The Labute approximate surface area is 143 Å². The molecule has 3 N–H and O–H groups in total. The van der Waals surface area contributed by atoms with Crippen molar-refractivity contribution in [3.05, 3.63) is 30.3 Å². The maximum Gasteiger partial charge on any atom is 0.319 e. The van der Waals surface area contributed by atoms with Gasteiger partial charge in [0.15, 0.2) is 0 Å². The molecule has 2 aliphatic heterocycles. The molecule has 1 unspecified atom stereocenters. The van der Waals surface area contributed by atoms with Gasteiger partial charge in [-0.3, -0.25) is 4.79 Å². The minimum Gasteiger partial charge on any atom is -0.341 e. The molecular weight excluding hydrogens is 304 g/mol. The van der Waals surface area contributed by atoms with Crippen LogP contribution in [-0.4, -0.2) is 48.6 Å². The van der Waals surface area contributed by atoms with Crippen molar-refractivity contribution >= 4 is 17.6 Å². The zero-order chi connectivity index (χ0) is 16.8. The number of para-hydroxylation sites is 1. The van der Waals surface area contributed by atoms with Crippen LogP contribution in [0.1, 0.15) is 32.1 Å². The molecule has 0 spiro atoms. The van der Waals surface area contributed by atoms with E-state index in [4.69, 9.17) is 0 Å². The molecule has 6 nitrogen and oxygen atoms in total. The van der Waals surface area contributed by atoms with Crippen LogP contribution in [0.25, 0.3) is 0 Å². The van der Waals surface area contributed by atoms with E-state index in [1.54, 1.807) is 0 Å². The molecule has 3 rings (SSSR count). The molecule has 0 radical (unpaired) electrons. The fraction of sp³-hybridized carbons (Fsp3) is 0.556. The van der Waals surface area contributed by atoms with Gasteiger partial charge in [0.2, 0.25) is 5.91 Å². The van der Waals surface area contributed by atoms with E-state index >= 15 is 0 Å². The van der Waals surface area contributed by atoms with Crippen LogP contribution in [0.4, 0.5) is 10.5 Å². The van der Waals surface area contributed by atoms with Crippen LogP contribution in [-0.2, 0) is 4.79 Å². The van der Waals surface area contributed by atoms with Crippen LogP contribution in [0.3, 0.4) is 0 Å². The minimum atomic E-state index is -0.181. The van der Waals surface area contributed by atoms with Gasteiger partial charge in [-0.25, -0.2) is 4.79 Å². The second-order valence-electron chi connectivity index (χ2n) is 6.57. The van der Waals surface area contributed by atoms with Gasteiger partial charge >= 0.3 is 6.03 Å². The number of anilines is 1. The highest BCUT2D eigenvalue weighted by molar-refractivity contribution is 5.89. The maximum absolute atomic E-state index is 12.5. The summed E-state index contributed by atoms with van der Waals surface area (Å²) >= 11 is 0. The Hall–Kier alpha value is -2.08. The summed E-state index contributed by atoms with van der Waals surface area (Å²) in [5.41, 5.74) is 0.783.